The van der Waals surface area contributed by atoms with Gasteiger partial charge in [-0.1, -0.05) is 57.2 Å². The summed E-state index contributed by atoms with van der Waals surface area (Å²) < 4.78 is 17.6. The van der Waals surface area contributed by atoms with E-state index in [0.29, 0.717) is 30.3 Å². The van der Waals surface area contributed by atoms with E-state index in [2.05, 4.69) is 49.9 Å². The van der Waals surface area contributed by atoms with Crippen molar-refractivity contribution in [2.24, 2.45) is 0 Å². The predicted molar refractivity (Wildman–Crippen MR) is 137 cm³/mol. The van der Waals surface area contributed by atoms with Crippen molar-refractivity contribution in [1.29, 1.82) is 0 Å². The predicted octanol–water partition coefficient (Wildman–Crippen LogP) is 6.27. The van der Waals surface area contributed by atoms with E-state index in [1.54, 1.807) is 7.11 Å². The number of hydrogen-bond acceptors (Lipinski definition) is 5. The molecule has 180 valence electrons. The van der Waals surface area contributed by atoms with Crippen molar-refractivity contribution in [2.45, 2.75) is 46.2 Å². The number of nitrogens with zero attached hydrogens (tertiary/aromatic N) is 1. The molecule has 2 aliphatic heterocycles. The van der Waals surface area contributed by atoms with Crippen molar-refractivity contribution in [2.75, 3.05) is 13.8 Å². The molecule has 0 fully saturated rings. The molecular weight excluding hydrogens is 438 g/mol. The summed E-state index contributed by atoms with van der Waals surface area (Å²) in [5.41, 5.74) is 5.87. The number of fused-ring (bicyclic) bond motifs is 3. The third kappa shape index (κ3) is 4.56. The van der Waals surface area contributed by atoms with Crippen LogP contribution in [0.4, 0.5) is 0 Å². The summed E-state index contributed by atoms with van der Waals surface area (Å²) in [5, 5.41) is 0. The van der Waals surface area contributed by atoms with E-state index in [4.69, 9.17) is 14.2 Å². The largest absolute Gasteiger partial charge is 0.497 e. The molecule has 0 aromatic heterocycles. The smallest absolute Gasteiger partial charge is 0.232 e. The maximum Gasteiger partial charge on any atom is 0.232 e. The normalized spacial score (nSPS) is 16.5. The summed E-state index contributed by atoms with van der Waals surface area (Å²) in [5.74, 6) is 2.53. The van der Waals surface area contributed by atoms with Gasteiger partial charge in [0, 0.05) is 13.1 Å². The standard InChI is InChI=1S/C30H31NO4/c1-19-14-25-24(17-31(18-34-25)16-21-8-12-23(33-5)13-9-21)29-27(19)28(32)26(35-29)15-20-6-10-22(11-7-20)30(2,3)4/h6-15H,16-18H2,1-5H3/b26-15-. The summed E-state index contributed by atoms with van der Waals surface area (Å²) >= 11 is 0. The molecule has 0 atom stereocenters. The molecule has 0 unspecified atom stereocenters. The van der Waals surface area contributed by atoms with Crippen LogP contribution < -0.4 is 14.2 Å². The summed E-state index contributed by atoms with van der Waals surface area (Å²) in [6, 6.07) is 18.3. The molecule has 0 aliphatic carbocycles. The summed E-state index contributed by atoms with van der Waals surface area (Å²) in [6.45, 7) is 10.3. The van der Waals surface area contributed by atoms with Crippen LogP contribution in [-0.2, 0) is 18.5 Å². The fraction of sp³-hybridized carbons (Fsp3) is 0.300. The SMILES string of the molecule is COc1ccc(CN2COc3cc(C)c4c(c3C2)O/C(=C\c2ccc(C(C)(C)C)cc2)C4=O)cc1. The lowest BCUT2D eigenvalue weighted by atomic mass is 9.86. The van der Waals surface area contributed by atoms with Crippen molar-refractivity contribution < 1.29 is 19.0 Å². The number of aryl methyl sites for hydroxylation is 1. The second kappa shape index (κ2) is 8.90. The Balaban J connectivity index is 1.40. The number of rotatable bonds is 4. The first-order chi connectivity index (χ1) is 16.7. The van der Waals surface area contributed by atoms with Crippen molar-refractivity contribution in [3.63, 3.8) is 0 Å². The molecule has 35 heavy (non-hydrogen) atoms. The molecule has 5 heteroatoms. The van der Waals surface area contributed by atoms with Crippen LogP contribution in [0.5, 0.6) is 17.2 Å². The number of Topliss-reactive ketones (excluding diaryl/α,β-unsaturated/α-hetero) is 1. The second-order valence-corrected chi connectivity index (χ2v) is 10.3. The van der Waals surface area contributed by atoms with E-state index in [1.165, 1.54) is 5.56 Å². The molecule has 0 amide bonds. The molecule has 2 aliphatic rings. The van der Waals surface area contributed by atoms with Gasteiger partial charge in [-0.15, -0.1) is 0 Å². The first-order valence-corrected chi connectivity index (χ1v) is 11.9. The Bertz CT molecular complexity index is 1300. The summed E-state index contributed by atoms with van der Waals surface area (Å²) in [7, 11) is 1.66. The number of ketones is 1. The Labute approximate surface area is 206 Å². The fourth-order valence-corrected chi connectivity index (χ4v) is 4.60. The lowest BCUT2D eigenvalue weighted by Gasteiger charge is -2.30. The van der Waals surface area contributed by atoms with E-state index < -0.39 is 0 Å². The Morgan fingerprint density at radius 3 is 2.43 bits per heavy atom. The number of methoxy groups -OCH3 is 1. The minimum atomic E-state index is -0.0764. The van der Waals surface area contributed by atoms with E-state index in [0.717, 1.165) is 40.3 Å². The number of hydrogen-bond donors (Lipinski definition) is 0. The fourth-order valence-electron chi connectivity index (χ4n) is 4.60. The quantitative estimate of drug-likeness (QED) is 0.422. The van der Waals surface area contributed by atoms with Crippen molar-refractivity contribution >= 4 is 11.9 Å². The van der Waals surface area contributed by atoms with Gasteiger partial charge in [0.2, 0.25) is 5.78 Å². The second-order valence-electron chi connectivity index (χ2n) is 10.3. The molecular formula is C30H31NO4. The van der Waals surface area contributed by atoms with Crippen LogP contribution in [0.25, 0.3) is 6.08 Å². The van der Waals surface area contributed by atoms with E-state index in [9.17, 15) is 4.79 Å². The zero-order valence-corrected chi connectivity index (χ0v) is 21.0. The van der Waals surface area contributed by atoms with Gasteiger partial charge in [0.15, 0.2) is 5.76 Å². The molecule has 5 rings (SSSR count). The lowest BCUT2D eigenvalue weighted by molar-refractivity contribution is 0.0872. The van der Waals surface area contributed by atoms with Gasteiger partial charge < -0.3 is 14.2 Å². The van der Waals surface area contributed by atoms with Crippen LogP contribution in [-0.4, -0.2) is 24.5 Å². The first-order valence-electron chi connectivity index (χ1n) is 11.9. The molecule has 0 radical (unpaired) electrons. The summed E-state index contributed by atoms with van der Waals surface area (Å²) in [4.78, 5) is 15.5. The number of ether oxygens (including phenoxy) is 3. The average Bonchev–Trinajstić information content (AvgIpc) is 3.16. The van der Waals surface area contributed by atoms with E-state index >= 15 is 0 Å². The Hall–Kier alpha value is -3.57. The van der Waals surface area contributed by atoms with Gasteiger partial charge in [-0.05, 0) is 58.9 Å². The van der Waals surface area contributed by atoms with E-state index in [-0.39, 0.29) is 11.2 Å². The molecule has 3 aromatic carbocycles. The third-order valence-electron chi connectivity index (χ3n) is 6.63. The lowest BCUT2D eigenvalue weighted by Crippen LogP contribution is -2.31. The van der Waals surface area contributed by atoms with Crippen molar-refractivity contribution in [1.82, 2.24) is 4.90 Å². The van der Waals surface area contributed by atoms with Gasteiger partial charge in [0.25, 0.3) is 0 Å². The average molecular weight is 470 g/mol. The summed E-state index contributed by atoms with van der Waals surface area (Å²) in [6.07, 6.45) is 1.83. The zero-order valence-electron chi connectivity index (χ0n) is 21.0. The molecule has 5 nitrogen and oxygen atoms in total. The highest BCUT2D eigenvalue weighted by Crippen LogP contribution is 2.44. The minimum absolute atomic E-state index is 0.0764. The monoisotopic (exact) mass is 469 g/mol. The van der Waals surface area contributed by atoms with Crippen molar-refractivity contribution in [3.05, 3.63) is 93.7 Å². The van der Waals surface area contributed by atoms with Gasteiger partial charge in [-0.3, -0.25) is 9.69 Å². The third-order valence-corrected chi connectivity index (χ3v) is 6.63. The molecule has 0 bridgehead atoms. The van der Waals surface area contributed by atoms with Gasteiger partial charge in [0.05, 0.1) is 18.2 Å². The molecule has 0 saturated heterocycles. The number of benzene rings is 3. The Morgan fingerprint density at radius 2 is 1.77 bits per heavy atom. The molecule has 0 saturated carbocycles. The topological polar surface area (TPSA) is 48.0 Å². The van der Waals surface area contributed by atoms with Crippen LogP contribution in [0.2, 0.25) is 0 Å². The molecule has 2 heterocycles. The van der Waals surface area contributed by atoms with Gasteiger partial charge in [0.1, 0.15) is 24.0 Å². The van der Waals surface area contributed by atoms with Gasteiger partial charge in [-0.2, -0.15) is 0 Å². The van der Waals surface area contributed by atoms with Gasteiger partial charge >= 0.3 is 0 Å². The van der Waals surface area contributed by atoms with Crippen molar-refractivity contribution in [3.8, 4) is 17.2 Å². The first kappa shape index (κ1) is 23.2. The Morgan fingerprint density at radius 1 is 1.06 bits per heavy atom. The van der Waals surface area contributed by atoms with Gasteiger partial charge in [-0.25, -0.2) is 0 Å². The maximum absolute atomic E-state index is 13.3. The highest BCUT2D eigenvalue weighted by molar-refractivity contribution is 6.15. The van der Waals surface area contributed by atoms with Crippen LogP contribution in [0.15, 0.2) is 60.4 Å². The van der Waals surface area contributed by atoms with Crippen LogP contribution in [0, 0.1) is 6.92 Å². The zero-order chi connectivity index (χ0) is 24.7. The highest BCUT2D eigenvalue weighted by atomic mass is 16.5. The van der Waals surface area contributed by atoms with Crippen LogP contribution in [0.1, 0.15) is 58.9 Å². The Kier molecular flexibility index (Phi) is 5.89. The molecule has 0 spiro atoms. The van der Waals surface area contributed by atoms with Crippen LogP contribution >= 0.6 is 0 Å². The number of allylic oxidation sites excluding steroid dienone is 1. The molecule has 3 aromatic rings. The molecule has 0 N–H and O–H groups in total. The van der Waals surface area contributed by atoms with E-state index in [1.807, 2.05) is 43.3 Å². The van der Waals surface area contributed by atoms with Crippen LogP contribution in [0.3, 0.4) is 0 Å². The maximum atomic E-state index is 13.3. The number of carbonyl (C=O) groups is 1. The highest BCUT2D eigenvalue weighted by Gasteiger charge is 2.35. The number of carbonyl (C=O) groups excluding carboxylic acids is 1. The minimum Gasteiger partial charge on any atom is -0.497 e.